The minimum Gasteiger partial charge on any atom is -0.284 e. The number of sulfonamides is 1. The van der Waals surface area contributed by atoms with Crippen molar-refractivity contribution in [2.24, 2.45) is 5.14 Å². The molecule has 0 saturated heterocycles. The number of nitrogens with zero attached hydrogens (tertiary/aromatic N) is 2. The molecule has 2 aromatic heterocycles. The van der Waals surface area contributed by atoms with E-state index in [4.69, 9.17) is 5.14 Å². The summed E-state index contributed by atoms with van der Waals surface area (Å²) in [5, 5.41) is 5.07. The van der Waals surface area contributed by atoms with Crippen LogP contribution in [0, 0.1) is 0 Å². The van der Waals surface area contributed by atoms with Crippen LogP contribution in [0.2, 0.25) is 0 Å². The lowest BCUT2D eigenvalue weighted by molar-refractivity contribution is 0.598. The van der Waals surface area contributed by atoms with E-state index in [0.29, 0.717) is 5.69 Å². The zero-order chi connectivity index (χ0) is 16.4. The molecule has 1 aromatic carbocycles. The van der Waals surface area contributed by atoms with Crippen LogP contribution in [0.4, 0.5) is 0 Å². The molecule has 2 heterocycles. The van der Waals surface area contributed by atoms with Gasteiger partial charge in [0.2, 0.25) is 10.0 Å². The summed E-state index contributed by atoms with van der Waals surface area (Å²) >= 11 is 0. The summed E-state index contributed by atoms with van der Waals surface area (Å²) in [7, 11) is -3.76. The van der Waals surface area contributed by atoms with E-state index in [-0.39, 0.29) is 10.5 Å². The number of hydrogen-bond donors (Lipinski definition) is 1. The molecule has 0 bridgehead atoms. The van der Waals surface area contributed by atoms with Crippen LogP contribution in [-0.4, -0.2) is 18.0 Å². The molecular formula is C16H13N3O3S. The van der Waals surface area contributed by atoms with Crippen LogP contribution in [0.1, 0.15) is 0 Å². The van der Waals surface area contributed by atoms with Gasteiger partial charge in [0.1, 0.15) is 0 Å². The van der Waals surface area contributed by atoms with Gasteiger partial charge >= 0.3 is 0 Å². The second kappa shape index (κ2) is 5.79. The first-order valence-electron chi connectivity index (χ1n) is 6.71. The van der Waals surface area contributed by atoms with Gasteiger partial charge in [-0.2, -0.15) is 0 Å². The summed E-state index contributed by atoms with van der Waals surface area (Å²) in [4.78, 5) is 16.1. The smallest absolute Gasteiger partial charge is 0.255 e. The average molecular weight is 327 g/mol. The SMILES string of the molecule is NS(=O)(=O)c1ccc(-n2cc(-c3cccnc3)ccc2=O)cc1. The van der Waals surface area contributed by atoms with E-state index >= 15 is 0 Å². The van der Waals surface area contributed by atoms with Gasteiger partial charge < -0.3 is 0 Å². The molecule has 0 atom stereocenters. The first-order valence-corrected chi connectivity index (χ1v) is 8.26. The number of primary sulfonamides is 1. The van der Waals surface area contributed by atoms with Crippen LogP contribution in [0.25, 0.3) is 16.8 Å². The topological polar surface area (TPSA) is 95.1 Å². The molecule has 6 nitrogen and oxygen atoms in total. The maximum Gasteiger partial charge on any atom is 0.255 e. The Bertz CT molecular complexity index is 995. The molecule has 0 saturated carbocycles. The highest BCUT2D eigenvalue weighted by molar-refractivity contribution is 7.89. The number of aromatic nitrogens is 2. The predicted octanol–water partition coefficient (Wildman–Crippen LogP) is 1.55. The summed E-state index contributed by atoms with van der Waals surface area (Å²) in [5.74, 6) is 0. The fourth-order valence-electron chi connectivity index (χ4n) is 2.19. The second-order valence-corrected chi connectivity index (χ2v) is 6.47. The number of benzene rings is 1. The number of pyridine rings is 2. The summed E-state index contributed by atoms with van der Waals surface area (Å²) in [6, 6.07) is 12.7. The Labute approximate surface area is 132 Å². The van der Waals surface area contributed by atoms with Crippen molar-refractivity contribution in [1.29, 1.82) is 0 Å². The lowest BCUT2D eigenvalue weighted by Gasteiger charge is -2.09. The van der Waals surface area contributed by atoms with Crippen LogP contribution in [0.15, 0.2) is 76.8 Å². The summed E-state index contributed by atoms with van der Waals surface area (Å²) in [6.07, 6.45) is 5.06. The molecule has 3 aromatic rings. The Morgan fingerprint density at radius 2 is 1.70 bits per heavy atom. The molecule has 3 rings (SSSR count). The summed E-state index contributed by atoms with van der Waals surface area (Å²) in [6.45, 7) is 0. The van der Waals surface area contributed by atoms with Gasteiger partial charge in [0, 0.05) is 41.5 Å². The molecule has 2 N–H and O–H groups in total. The zero-order valence-corrected chi connectivity index (χ0v) is 12.8. The Hall–Kier alpha value is -2.77. The van der Waals surface area contributed by atoms with Gasteiger partial charge in [-0.05, 0) is 36.4 Å². The summed E-state index contributed by atoms with van der Waals surface area (Å²) in [5.41, 5.74) is 2.03. The Morgan fingerprint density at radius 3 is 2.30 bits per heavy atom. The second-order valence-electron chi connectivity index (χ2n) is 4.91. The quantitative estimate of drug-likeness (QED) is 0.789. The maximum atomic E-state index is 12.1. The van der Waals surface area contributed by atoms with Crippen molar-refractivity contribution in [1.82, 2.24) is 9.55 Å². The van der Waals surface area contributed by atoms with Gasteiger partial charge in [0.05, 0.1) is 4.90 Å². The van der Waals surface area contributed by atoms with E-state index < -0.39 is 10.0 Å². The number of rotatable bonds is 3. The molecule has 0 radical (unpaired) electrons. The van der Waals surface area contributed by atoms with Gasteiger partial charge in [0.25, 0.3) is 5.56 Å². The molecule has 116 valence electrons. The highest BCUT2D eigenvalue weighted by Crippen LogP contribution is 2.18. The van der Waals surface area contributed by atoms with Crippen LogP contribution in [-0.2, 0) is 10.0 Å². The van der Waals surface area contributed by atoms with Gasteiger partial charge in [-0.1, -0.05) is 6.07 Å². The fraction of sp³-hybridized carbons (Fsp3) is 0. The van der Waals surface area contributed by atoms with Crippen molar-refractivity contribution in [3.05, 3.63) is 77.5 Å². The normalized spacial score (nSPS) is 11.3. The number of hydrogen-bond acceptors (Lipinski definition) is 4. The van der Waals surface area contributed by atoms with Gasteiger partial charge in [-0.15, -0.1) is 0 Å². The molecule has 0 aliphatic rings. The third kappa shape index (κ3) is 3.20. The average Bonchev–Trinajstić information content (AvgIpc) is 2.55. The van der Waals surface area contributed by atoms with Crippen molar-refractivity contribution in [2.45, 2.75) is 4.90 Å². The van der Waals surface area contributed by atoms with Gasteiger partial charge in [0.15, 0.2) is 0 Å². The van der Waals surface area contributed by atoms with E-state index in [9.17, 15) is 13.2 Å². The molecule has 0 amide bonds. The molecule has 0 aliphatic heterocycles. The van der Waals surface area contributed by atoms with Crippen LogP contribution in [0.3, 0.4) is 0 Å². The fourth-order valence-corrected chi connectivity index (χ4v) is 2.71. The first-order chi connectivity index (χ1) is 10.9. The Morgan fingerprint density at radius 1 is 0.957 bits per heavy atom. The molecule has 0 fully saturated rings. The van der Waals surface area contributed by atoms with Crippen molar-refractivity contribution in [2.75, 3.05) is 0 Å². The van der Waals surface area contributed by atoms with Crippen LogP contribution in [0.5, 0.6) is 0 Å². The third-order valence-corrected chi connectivity index (χ3v) is 4.28. The zero-order valence-electron chi connectivity index (χ0n) is 12.0. The minimum absolute atomic E-state index is 0.00212. The molecule has 7 heteroatoms. The first kappa shape index (κ1) is 15.1. The third-order valence-electron chi connectivity index (χ3n) is 3.35. The van der Waals surface area contributed by atoms with E-state index in [2.05, 4.69) is 4.98 Å². The molecule has 0 aliphatic carbocycles. The highest BCUT2D eigenvalue weighted by atomic mass is 32.2. The lowest BCUT2D eigenvalue weighted by Crippen LogP contribution is -2.17. The maximum absolute atomic E-state index is 12.1. The molecule has 23 heavy (non-hydrogen) atoms. The van der Waals surface area contributed by atoms with Gasteiger partial charge in [-0.3, -0.25) is 14.3 Å². The van der Waals surface area contributed by atoms with E-state index in [1.54, 1.807) is 24.7 Å². The van der Waals surface area contributed by atoms with Crippen molar-refractivity contribution in [3.8, 4) is 16.8 Å². The van der Waals surface area contributed by atoms with Crippen molar-refractivity contribution >= 4 is 10.0 Å². The van der Waals surface area contributed by atoms with Crippen LogP contribution < -0.4 is 10.7 Å². The van der Waals surface area contributed by atoms with E-state index in [1.165, 1.54) is 34.9 Å². The molecular weight excluding hydrogens is 314 g/mol. The lowest BCUT2D eigenvalue weighted by atomic mass is 10.1. The predicted molar refractivity (Wildman–Crippen MR) is 86.6 cm³/mol. The molecule has 0 spiro atoms. The Kier molecular flexibility index (Phi) is 3.81. The van der Waals surface area contributed by atoms with Crippen LogP contribution >= 0.6 is 0 Å². The Balaban J connectivity index is 2.08. The monoisotopic (exact) mass is 327 g/mol. The largest absolute Gasteiger partial charge is 0.284 e. The molecule has 0 unspecified atom stereocenters. The van der Waals surface area contributed by atoms with Gasteiger partial charge in [-0.25, -0.2) is 13.6 Å². The van der Waals surface area contributed by atoms with Crippen molar-refractivity contribution in [3.63, 3.8) is 0 Å². The number of nitrogens with two attached hydrogens (primary N) is 1. The standard InChI is InChI=1S/C16H13N3O3S/c17-23(21,22)15-6-4-14(5-7-15)19-11-13(3-8-16(19)20)12-2-1-9-18-10-12/h1-11H,(H2,17,21,22). The van der Waals surface area contributed by atoms with E-state index in [1.807, 2.05) is 12.1 Å². The van der Waals surface area contributed by atoms with E-state index in [0.717, 1.165) is 11.1 Å². The van der Waals surface area contributed by atoms with Crippen molar-refractivity contribution < 1.29 is 8.42 Å². The minimum atomic E-state index is -3.76. The highest BCUT2D eigenvalue weighted by Gasteiger charge is 2.08. The summed E-state index contributed by atoms with van der Waals surface area (Å²) < 4.78 is 24.0.